The number of aldehydes is 1. The first-order valence-corrected chi connectivity index (χ1v) is 5.45. The van der Waals surface area contributed by atoms with Gasteiger partial charge in [-0.25, -0.2) is 4.98 Å². The van der Waals surface area contributed by atoms with Gasteiger partial charge in [0.15, 0.2) is 12.0 Å². The first kappa shape index (κ1) is 10.4. The van der Waals surface area contributed by atoms with Gasteiger partial charge in [-0.15, -0.1) is 0 Å². The highest BCUT2D eigenvalue weighted by molar-refractivity contribution is 14.1. The van der Waals surface area contributed by atoms with Gasteiger partial charge in [-0.3, -0.25) is 4.79 Å². The van der Waals surface area contributed by atoms with Crippen molar-refractivity contribution in [1.29, 1.82) is 0 Å². The van der Waals surface area contributed by atoms with Gasteiger partial charge < -0.3 is 5.11 Å². The molecule has 15 heavy (non-hydrogen) atoms. The molecule has 0 aliphatic rings. The molecule has 4 heteroatoms. The number of halogens is 1. The summed E-state index contributed by atoms with van der Waals surface area (Å²) in [6.07, 6.45) is 0.640. The van der Waals surface area contributed by atoms with E-state index >= 15 is 0 Å². The number of benzene rings is 1. The van der Waals surface area contributed by atoms with Crippen LogP contribution in [-0.4, -0.2) is 16.4 Å². The molecular weight excluding hydrogens is 305 g/mol. The number of rotatable bonds is 1. The van der Waals surface area contributed by atoms with Crippen LogP contribution in [0.4, 0.5) is 0 Å². The van der Waals surface area contributed by atoms with Crippen LogP contribution >= 0.6 is 22.6 Å². The molecule has 0 radical (unpaired) electrons. The zero-order valence-corrected chi connectivity index (χ0v) is 10.1. The van der Waals surface area contributed by atoms with E-state index in [1.807, 2.05) is 19.1 Å². The number of aryl methyl sites for hydroxylation is 1. The van der Waals surface area contributed by atoms with Crippen LogP contribution in [0.5, 0.6) is 5.75 Å². The Labute approximate surface area is 100 Å². The molecule has 1 heterocycles. The molecule has 0 bridgehead atoms. The highest BCUT2D eigenvalue weighted by Crippen LogP contribution is 2.30. The number of phenols is 1. The van der Waals surface area contributed by atoms with Crippen LogP contribution in [0, 0.1) is 10.5 Å². The van der Waals surface area contributed by atoms with Gasteiger partial charge in [0.2, 0.25) is 0 Å². The Morgan fingerprint density at radius 2 is 2.20 bits per heavy atom. The van der Waals surface area contributed by atoms with Gasteiger partial charge in [0.05, 0.1) is 5.56 Å². The van der Waals surface area contributed by atoms with E-state index in [1.54, 1.807) is 6.07 Å². The Morgan fingerprint density at radius 3 is 2.87 bits per heavy atom. The number of hydrogen-bond donors (Lipinski definition) is 1. The van der Waals surface area contributed by atoms with Gasteiger partial charge in [-0.05, 0) is 47.7 Å². The van der Waals surface area contributed by atoms with Crippen molar-refractivity contribution in [3.63, 3.8) is 0 Å². The number of fused-ring (bicyclic) bond motifs is 1. The second-order valence-corrected chi connectivity index (χ2v) is 4.43. The third kappa shape index (κ3) is 1.69. The van der Waals surface area contributed by atoms with E-state index in [-0.39, 0.29) is 11.3 Å². The minimum Gasteiger partial charge on any atom is -0.505 e. The summed E-state index contributed by atoms with van der Waals surface area (Å²) in [5, 5.41) is 10.7. The van der Waals surface area contributed by atoms with Crippen molar-refractivity contribution in [3.05, 3.63) is 33.0 Å². The minimum atomic E-state index is -0.0379. The van der Waals surface area contributed by atoms with Crippen molar-refractivity contribution in [2.24, 2.45) is 0 Å². The lowest BCUT2D eigenvalue weighted by molar-refractivity contribution is 0.112. The van der Waals surface area contributed by atoms with Crippen LogP contribution in [-0.2, 0) is 0 Å². The molecule has 1 N–H and O–H groups in total. The maximum Gasteiger partial charge on any atom is 0.153 e. The number of pyridine rings is 1. The molecule has 0 amide bonds. The summed E-state index contributed by atoms with van der Waals surface area (Å²) in [7, 11) is 0. The van der Waals surface area contributed by atoms with Crippen molar-refractivity contribution >= 4 is 39.8 Å². The van der Waals surface area contributed by atoms with E-state index < -0.39 is 0 Å². The molecule has 0 atom stereocenters. The molecular formula is C11H8INO2. The molecule has 1 aromatic carbocycles. The second kappa shape index (κ2) is 3.77. The summed E-state index contributed by atoms with van der Waals surface area (Å²) < 4.78 is 0.912. The molecule has 0 unspecified atom stereocenters. The van der Waals surface area contributed by atoms with E-state index in [9.17, 15) is 9.90 Å². The summed E-state index contributed by atoms with van der Waals surface area (Å²) in [6, 6.07) is 5.43. The third-order valence-electron chi connectivity index (χ3n) is 2.20. The Bertz CT molecular complexity index is 552. The van der Waals surface area contributed by atoms with Gasteiger partial charge in [-0.1, -0.05) is 0 Å². The van der Waals surface area contributed by atoms with Crippen LogP contribution in [0.2, 0.25) is 0 Å². The van der Waals surface area contributed by atoms with E-state index in [1.165, 1.54) is 0 Å². The van der Waals surface area contributed by atoms with E-state index in [2.05, 4.69) is 27.6 Å². The standard InChI is InChI=1S/C11H8INO2/c1-6-2-3-8-9(12)4-7(5-14)11(15)10(8)13-6/h2-5,15H,1H3. The van der Waals surface area contributed by atoms with Crippen LogP contribution in [0.1, 0.15) is 16.1 Å². The summed E-state index contributed by atoms with van der Waals surface area (Å²) in [6.45, 7) is 1.85. The van der Waals surface area contributed by atoms with Crippen LogP contribution in [0.25, 0.3) is 10.9 Å². The largest absolute Gasteiger partial charge is 0.505 e. The molecule has 0 aliphatic heterocycles. The Morgan fingerprint density at radius 1 is 1.47 bits per heavy atom. The minimum absolute atomic E-state index is 0.0379. The number of nitrogens with zero attached hydrogens (tertiary/aromatic N) is 1. The van der Waals surface area contributed by atoms with Gasteiger partial charge >= 0.3 is 0 Å². The zero-order chi connectivity index (χ0) is 11.0. The highest BCUT2D eigenvalue weighted by Gasteiger charge is 2.10. The fourth-order valence-electron chi connectivity index (χ4n) is 1.44. The lowest BCUT2D eigenvalue weighted by Gasteiger charge is -2.05. The number of carbonyl (C=O) groups excluding carboxylic acids is 1. The summed E-state index contributed by atoms with van der Waals surface area (Å²) in [5.74, 6) is -0.0379. The SMILES string of the molecule is Cc1ccc2c(I)cc(C=O)c(O)c2n1. The number of carbonyl (C=O) groups is 1. The Hall–Kier alpha value is -1.17. The molecule has 0 saturated heterocycles. The fourth-order valence-corrected chi connectivity index (χ4v) is 2.21. The van der Waals surface area contributed by atoms with Crippen molar-refractivity contribution in [1.82, 2.24) is 4.98 Å². The normalized spacial score (nSPS) is 10.5. The quantitative estimate of drug-likeness (QED) is 0.650. The highest BCUT2D eigenvalue weighted by atomic mass is 127. The molecule has 3 nitrogen and oxygen atoms in total. The fraction of sp³-hybridized carbons (Fsp3) is 0.0909. The predicted octanol–water partition coefficient (Wildman–Crippen LogP) is 2.67. The molecule has 76 valence electrons. The van der Waals surface area contributed by atoms with E-state index in [4.69, 9.17) is 0 Å². The Balaban J connectivity index is 2.94. The van der Waals surface area contributed by atoms with Gasteiger partial charge in [0.1, 0.15) is 5.52 Å². The average Bonchev–Trinajstić information content (AvgIpc) is 2.23. The molecule has 0 saturated carbocycles. The number of aromatic hydroxyl groups is 1. The summed E-state index contributed by atoms with van der Waals surface area (Å²) in [4.78, 5) is 14.9. The number of phenolic OH excluding ortho intramolecular Hbond substituents is 1. The monoisotopic (exact) mass is 313 g/mol. The Kier molecular flexibility index (Phi) is 2.60. The van der Waals surface area contributed by atoms with Crippen LogP contribution in [0.3, 0.4) is 0 Å². The maximum atomic E-state index is 10.7. The molecule has 0 spiro atoms. The van der Waals surface area contributed by atoms with Crippen molar-refractivity contribution in [2.75, 3.05) is 0 Å². The summed E-state index contributed by atoms with van der Waals surface area (Å²) >= 11 is 2.13. The smallest absolute Gasteiger partial charge is 0.153 e. The second-order valence-electron chi connectivity index (χ2n) is 3.26. The van der Waals surface area contributed by atoms with E-state index in [0.29, 0.717) is 11.8 Å². The van der Waals surface area contributed by atoms with Gasteiger partial charge in [0.25, 0.3) is 0 Å². The number of hydrogen-bond acceptors (Lipinski definition) is 3. The van der Waals surface area contributed by atoms with Gasteiger partial charge in [0, 0.05) is 14.7 Å². The molecule has 2 aromatic rings. The lowest BCUT2D eigenvalue weighted by Crippen LogP contribution is -1.91. The molecule has 2 rings (SSSR count). The molecule has 1 aromatic heterocycles. The number of aromatic nitrogens is 1. The van der Waals surface area contributed by atoms with E-state index in [0.717, 1.165) is 14.7 Å². The maximum absolute atomic E-state index is 10.7. The first-order chi connectivity index (χ1) is 7.13. The lowest BCUT2D eigenvalue weighted by atomic mass is 10.1. The first-order valence-electron chi connectivity index (χ1n) is 4.37. The third-order valence-corrected chi connectivity index (χ3v) is 3.09. The van der Waals surface area contributed by atoms with Gasteiger partial charge in [-0.2, -0.15) is 0 Å². The van der Waals surface area contributed by atoms with Crippen LogP contribution in [0.15, 0.2) is 18.2 Å². The van der Waals surface area contributed by atoms with Crippen molar-refractivity contribution in [2.45, 2.75) is 6.92 Å². The summed E-state index contributed by atoms with van der Waals surface area (Å²) in [5.41, 5.74) is 1.59. The predicted molar refractivity (Wildman–Crippen MR) is 66.2 cm³/mol. The van der Waals surface area contributed by atoms with Crippen molar-refractivity contribution < 1.29 is 9.90 Å². The molecule has 0 fully saturated rings. The van der Waals surface area contributed by atoms with Crippen LogP contribution < -0.4 is 0 Å². The topological polar surface area (TPSA) is 50.2 Å². The zero-order valence-electron chi connectivity index (χ0n) is 7.99. The molecule has 0 aliphatic carbocycles. The average molecular weight is 313 g/mol. The van der Waals surface area contributed by atoms with Crippen molar-refractivity contribution in [3.8, 4) is 5.75 Å².